The largest absolute Gasteiger partial charge is 0.504 e. The van der Waals surface area contributed by atoms with Gasteiger partial charge in [0.25, 0.3) is 0 Å². The smallest absolute Gasteiger partial charge is 0.203 e. The summed E-state index contributed by atoms with van der Waals surface area (Å²) in [5.41, 5.74) is 4.32. The first-order chi connectivity index (χ1) is 9.60. The quantitative estimate of drug-likeness (QED) is 0.632. The number of aromatic hydroxyl groups is 1. The molecular formula is C13H14BrN3O2S. The maximum atomic E-state index is 10.1. The minimum atomic E-state index is 0.0657. The minimum absolute atomic E-state index is 0.0657. The Kier molecular flexibility index (Phi) is 4.97. The Morgan fingerprint density at radius 1 is 1.55 bits per heavy atom. The van der Waals surface area contributed by atoms with Gasteiger partial charge in [-0.05, 0) is 26.0 Å². The summed E-state index contributed by atoms with van der Waals surface area (Å²) in [4.78, 5) is 4.23. The number of hydrogen-bond donors (Lipinski definition) is 2. The fourth-order valence-corrected chi connectivity index (χ4v) is 2.61. The second-order valence-corrected chi connectivity index (χ2v) is 5.71. The number of aryl methyl sites for hydroxylation is 1. The van der Waals surface area contributed by atoms with E-state index in [1.54, 1.807) is 12.1 Å². The molecule has 0 atom stereocenters. The molecule has 1 aromatic heterocycles. The van der Waals surface area contributed by atoms with E-state index in [0.29, 0.717) is 23.1 Å². The van der Waals surface area contributed by atoms with Gasteiger partial charge in [0.1, 0.15) is 0 Å². The van der Waals surface area contributed by atoms with E-state index in [1.807, 2.05) is 19.2 Å². The van der Waals surface area contributed by atoms with Crippen LogP contribution in [0.1, 0.15) is 18.2 Å². The summed E-state index contributed by atoms with van der Waals surface area (Å²) in [6.07, 6.45) is 1.53. The molecule has 1 heterocycles. The van der Waals surface area contributed by atoms with E-state index in [0.717, 1.165) is 10.2 Å². The molecule has 0 unspecified atom stereocenters. The molecule has 1 aromatic carbocycles. The number of thiazole rings is 1. The van der Waals surface area contributed by atoms with Crippen LogP contribution in [-0.4, -0.2) is 22.9 Å². The predicted molar refractivity (Wildman–Crippen MR) is 85.0 cm³/mol. The first-order valence-electron chi connectivity index (χ1n) is 5.96. The topological polar surface area (TPSA) is 66.7 Å². The highest BCUT2D eigenvalue weighted by Gasteiger charge is 2.08. The molecule has 0 amide bonds. The SMILES string of the molecule is CCOc1cc(Br)cc(C=NNc2nc(C)cs2)c1O. The summed E-state index contributed by atoms with van der Waals surface area (Å²) in [6, 6.07) is 3.48. The van der Waals surface area contributed by atoms with Gasteiger partial charge >= 0.3 is 0 Å². The molecule has 2 rings (SSSR count). The van der Waals surface area contributed by atoms with E-state index < -0.39 is 0 Å². The number of nitrogens with zero attached hydrogens (tertiary/aromatic N) is 2. The minimum Gasteiger partial charge on any atom is -0.504 e. The molecule has 0 aliphatic carbocycles. The van der Waals surface area contributed by atoms with Crippen molar-refractivity contribution in [2.24, 2.45) is 5.10 Å². The van der Waals surface area contributed by atoms with Crippen molar-refractivity contribution in [3.05, 3.63) is 33.2 Å². The van der Waals surface area contributed by atoms with Crippen molar-refractivity contribution < 1.29 is 9.84 Å². The van der Waals surface area contributed by atoms with Crippen molar-refractivity contribution in [2.45, 2.75) is 13.8 Å². The number of ether oxygens (including phenoxy) is 1. The number of aromatic nitrogens is 1. The molecule has 0 bridgehead atoms. The van der Waals surface area contributed by atoms with Crippen LogP contribution in [0.25, 0.3) is 0 Å². The van der Waals surface area contributed by atoms with Gasteiger partial charge in [-0.3, -0.25) is 5.43 Å². The number of hydrazone groups is 1. The second-order valence-electron chi connectivity index (χ2n) is 3.94. The van der Waals surface area contributed by atoms with Crippen molar-refractivity contribution >= 4 is 38.6 Å². The van der Waals surface area contributed by atoms with Crippen LogP contribution >= 0.6 is 27.3 Å². The van der Waals surface area contributed by atoms with Crippen LogP contribution in [0.3, 0.4) is 0 Å². The highest BCUT2D eigenvalue weighted by Crippen LogP contribution is 2.32. The average Bonchev–Trinajstić information content (AvgIpc) is 2.81. The van der Waals surface area contributed by atoms with Gasteiger partial charge in [0.15, 0.2) is 11.5 Å². The summed E-state index contributed by atoms with van der Waals surface area (Å²) >= 11 is 4.84. The third-order valence-electron chi connectivity index (χ3n) is 2.35. The number of halogens is 1. The first kappa shape index (κ1) is 14.8. The van der Waals surface area contributed by atoms with Gasteiger partial charge in [-0.15, -0.1) is 11.3 Å². The Balaban J connectivity index is 2.15. The van der Waals surface area contributed by atoms with Crippen molar-refractivity contribution in [1.82, 2.24) is 4.98 Å². The van der Waals surface area contributed by atoms with Crippen LogP contribution in [0.2, 0.25) is 0 Å². The summed E-state index contributed by atoms with van der Waals surface area (Å²) in [7, 11) is 0. The molecule has 5 nitrogen and oxygen atoms in total. The highest BCUT2D eigenvalue weighted by atomic mass is 79.9. The molecule has 0 aliphatic heterocycles. The number of benzene rings is 1. The molecule has 2 N–H and O–H groups in total. The van der Waals surface area contributed by atoms with Crippen LogP contribution < -0.4 is 10.2 Å². The van der Waals surface area contributed by atoms with Gasteiger partial charge in [0.05, 0.1) is 18.5 Å². The molecule has 20 heavy (non-hydrogen) atoms. The molecule has 0 spiro atoms. The zero-order valence-corrected chi connectivity index (χ0v) is 13.5. The fourth-order valence-electron chi connectivity index (χ4n) is 1.52. The monoisotopic (exact) mass is 355 g/mol. The van der Waals surface area contributed by atoms with Crippen LogP contribution in [-0.2, 0) is 0 Å². The molecule has 0 fully saturated rings. The average molecular weight is 356 g/mol. The third-order valence-corrected chi connectivity index (χ3v) is 3.67. The van der Waals surface area contributed by atoms with E-state index in [-0.39, 0.29) is 5.75 Å². The van der Waals surface area contributed by atoms with Crippen molar-refractivity contribution in [3.63, 3.8) is 0 Å². The van der Waals surface area contributed by atoms with Crippen LogP contribution in [0, 0.1) is 6.92 Å². The van der Waals surface area contributed by atoms with Gasteiger partial charge in [0.2, 0.25) is 5.13 Å². The summed E-state index contributed by atoms with van der Waals surface area (Å²) < 4.78 is 6.16. The van der Waals surface area contributed by atoms with Gasteiger partial charge in [0, 0.05) is 15.4 Å². The van der Waals surface area contributed by atoms with Crippen molar-refractivity contribution in [1.29, 1.82) is 0 Å². The van der Waals surface area contributed by atoms with Gasteiger partial charge in [-0.1, -0.05) is 15.9 Å². The van der Waals surface area contributed by atoms with E-state index in [2.05, 4.69) is 31.4 Å². The maximum Gasteiger partial charge on any atom is 0.203 e. The maximum absolute atomic E-state index is 10.1. The Labute approximate surface area is 129 Å². The normalized spacial score (nSPS) is 10.9. The molecule has 0 saturated carbocycles. The van der Waals surface area contributed by atoms with E-state index in [4.69, 9.17) is 4.74 Å². The fraction of sp³-hybridized carbons (Fsp3) is 0.231. The lowest BCUT2D eigenvalue weighted by Crippen LogP contribution is -1.95. The van der Waals surface area contributed by atoms with E-state index in [1.165, 1.54) is 17.6 Å². The molecule has 106 valence electrons. The Morgan fingerprint density at radius 2 is 2.35 bits per heavy atom. The number of nitrogens with one attached hydrogen (secondary N) is 1. The zero-order chi connectivity index (χ0) is 14.5. The third kappa shape index (κ3) is 3.71. The molecule has 2 aromatic rings. The van der Waals surface area contributed by atoms with E-state index >= 15 is 0 Å². The highest BCUT2D eigenvalue weighted by molar-refractivity contribution is 9.10. The van der Waals surface area contributed by atoms with Crippen molar-refractivity contribution in [2.75, 3.05) is 12.0 Å². The van der Waals surface area contributed by atoms with Crippen LogP contribution in [0.15, 0.2) is 27.1 Å². The number of rotatable bonds is 5. The number of hydrogen-bond acceptors (Lipinski definition) is 6. The Bertz CT molecular complexity index is 628. The van der Waals surface area contributed by atoms with Crippen LogP contribution in [0.5, 0.6) is 11.5 Å². The number of phenols is 1. The lowest BCUT2D eigenvalue weighted by atomic mass is 10.2. The first-order valence-corrected chi connectivity index (χ1v) is 7.64. The molecule has 0 saturated heterocycles. The van der Waals surface area contributed by atoms with E-state index in [9.17, 15) is 5.11 Å². The van der Waals surface area contributed by atoms with Gasteiger partial charge < -0.3 is 9.84 Å². The predicted octanol–water partition coefficient (Wildman–Crippen LogP) is 3.76. The Morgan fingerprint density at radius 3 is 3.00 bits per heavy atom. The zero-order valence-electron chi connectivity index (χ0n) is 11.1. The second kappa shape index (κ2) is 6.71. The number of anilines is 1. The standard InChI is InChI=1S/C13H14BrN3O2S/c1-3-19-11-5-10(14)4-9(12(11)18)6-15-17-13-16-8(2)7-20-13/h4-7,18H,3H2,1-2H3,(H,16,17). The molecule has 0 aliphatic rings. The Hall–Kier alpha value is -1.60. The van der Waals surface area contributed by atoms with Gasteiger partial charge in [-0.2, -0.15) is 5.10 Å². The lowest BCUT2D eigenvalue weighted by molar-refractivity contribution is 0.317. The number of phenolic OH excluding ortho intramolecular Hbond substituents is 1. The summed E-state index contributed by atoms with van der Waals surface area (Å²) in [5.74, 6) is 0.490. The molecule has 7 heteroatoms. The lowest BCUT2D eigenvalue weighted by Gasteiger charge is -2.08. The molecule has 0 radical (unpaired) electrons. The summed E-state index contributed by atoms with van der Waals surface area (Å²) in [5, 5.41) is 16.8. The van der Waals surface area contributed by atoms with Crippen molar-refractivity contribution in [3.8, 4) is 11.5 Å². The van der Waals surface area contributed by atoms with Crippen LogP contribution in [0.4, 0.5) is 5.13 Å². The summed E-state index contributed by atoms with van der Waals surface area (Å²) in [6.45, 7) is 4.26. The van der Waals surface area contributed by atoms with Gasteiger partial charge in [-0.25, -0.2) is 4.98 Å². The molecular weight excluding hydrogens is 342 g/mol.